The Kier molecular flexibility index (Phi) is 3.70. The minimum absolute atomic E-state index is 0.249. The number of carbonyl (C=O) groups is 2. The largest absolute Gasteiger partial charge is 0.274 e. The van der Waals surface area contributed by atoms with Crippen molar-refractivity contribution in [3.05, 3.63) is 69.2 Å². The van der Waals surface area contributed by atoms with E-state index in [0.717, 1.165) is 5.56 Å². The van der Waals surface area contributed by atoms with Crippen LogP contribution in [0.4, 0.5) is 0 Å². The number of fused-ring (bicyclic) bond motifs is 1. The van der Waals surface area contributed by atoms with Gasteiger partial charge in [0.1, 0.15) is 0 Å². The van der Waals surface area contributed by atoms with Crippen LogP contribution in [0, 0.1) is 0 Å². The smallest absolute Gasteiger partial charge is 0.261 e. The molecule has 2 aromatic rings. The molecule has 3 nitrogen and oxygen atoms in total. The molecule has 0 saturated carbocycles. The molecule has 0 atom stereocenters. The highest BCUT2D eigenvalue weighted by Crippen LogP contribution is 2.25. The van der Waals surface area contributed by atoms with Gasteiger partial charge in [-0.3, -0.25) is 14.5 Å². The summed E-state index contributed by atoms with van der Waals surface area (Å²) in [5.74, 6) is -0.499. The van der Waals surface area contributed by atoms with Gasteiger partial charge in [0.2, 0.25) is 0 Å². The summed E-state index contributed by atoms with van der Waals surface area (Å²) in [7, 11) is 0. The van der Waals surface area contributed by atoms with Gasteiger partial charge in [0.25, 0.3) is 11.8 Å². The molecule has 1 aliphatic heterocycles. The van der Waals surface area contributed by atoms with Crippen molar-refractivity contribution < 1.29 is 9.59 Å². The monoisotopic (exact) mass is 319 g/mol. The third kappa shape index (κ3) is 2.55. The Morgan fingerprint density at radius 1 is 0.905 bits per heavy atom. The van der Waals surface area contributed by atoms with Crippen LogP contribution in [-0.4, -0.2) is 23.3 Å². The zero-order valence-corrected chi connectivity index (χ0v) is 12.5. The Bertz CT molecular complexity index is 708. The van der Waals surface area contributed by atoms with Crippen LogP contribution in [0.15, 0.2) is 42.5 Å². The van der Waals surface area contributed by atoms with Crippen molar-refractivity contribution in [3.63, 3.8) is 0 Å². The maximum absolute atomic E-state index is 12.2. The summed E-state index contributed by atoms with van der Waals surface area (Å²) < 4.78 is 0. The summed E-state index contributed by atoms with van der Waals surface area (Å²) in [6.45, 7) is 0.299. The molecular weight excluding hydrogens is 309 g/mol. The molecule has 0 radical (unpaired) electrons. The fourth-order valence-corrected chi connectivity index (χ4v) is 2.90. The second kappa shape index (κ2) is 5.51. The van der Waals surface area contributed by atoms with Crippen LogP contribution in [0.1, 0.15) is 26.3 Å². The Morgan fingerprint density at radius 3 is 2.10 bits per heavy atom. The number of rotatable bonds is 3. The van der Waals surface area contributed by atoms with Crippen LogP contribution in [0.2, 0.25) is 10.0 Å². The molecule has 5 heteroatoms. The van der Waals surface area contributed by atoms with E-state index in [0.29, 0.717) is 34.1 Å². The van der Waals surface area contributed by atoms with Gasteiger partial charge in [0, 0.05) is 16.6 Å². The van der Waals surface area contributed by atoms with Crippen LogP contribution in [0.25, 0.3) is 0 Å². The minimum atomic E-state index is -0.249. The van der Waals surface area contributed by atoms with Crippen molar-refractivity contribution >= 4 is 35.0 Å². The summed E-state index contributed by atoms with van der Waals surface area (Å²) in [5.41, 5.74) is 1.78. The van der Waals surface area contributed by atoms with Gasteiger partial charge in [-0.1, -0.05) is 41.4 Å². The molecule has 0 bridgehead atoms. The lowest BCUT2D eigenvalue weighted by Gasteiger charge is -2.14. The minimum Gasteiger partial charge on any atom is -0.274 e. The van der Waals surface area contributed by atoms with Crippen molar-refractivity contribution in [2.24, 2.45) is 0 Å². The molecule has 0 fully saturated rings. The third-order valence-electron chi connectivity index (χ3n) is 3.50. The van der Waals surface area contributed by atoms with Crippen LogP contribution >= 0.6 is 23.2 Å². The number of hydrogen-bond donors (Lipinski definition) is 0. The van der Waals surface area contributed by atoms with Gasteiger partial charge < -0.3 is 0 Å². The quantitative estimate of drug-likeness (QED) is 0.806. The van der Waals surface area contributed by atoms with Crippen LogP contribution in [0.5, 0.6) is 0 Å². The fourth-order valence-electron chi connectivity index (χ4n) is 2.40. The average Bonchev–Trinajstić information content (AvgIpc) is 2.71. The number of carbonyl (C=O) groups excluding carboxylic acids is 2. The zero-order chi connectivity index (χ0) is 15.0. The second-order valence-electron chi connectivity index (χ2n) is 4.79. The topological polar surface area (TPSA) is 37.4 Å². The van der Waals surface area contributed by atoms with E-state index in [1.165, 1.54) is 4.90 Å². The summed E-state index contributed by atoms with van der Waals surface area (Å²) in [5, 5.41) is 1.10. The molecule has 0 N–H and O–H groups in total. The first-order chi connectivity index (χ1) is 10.1. The van der Waals surface area contributed by atoms with Crippen molar-refractivity contribution in [2.75, 3.05) is 6.54 Å². The first kappa shape index (κ1) is 14.1. The van der Waals surface area contributed by atoms with Gasteiger partial charge in [0.05, 0.1) is 11.1 Å². The Morgan fingerprint density at radius 2 is 1.52 bits per heavy atom. The molecule has 3 rings (SSSR count). The molecule has 0 spiro atoms. The first-order valence-corrected chi connectivity index (χ1v) is 7.22. The first-order valence-electron chi connectivity index (χ1n) is 6.47. The maximum Gasteiger partial charge on any atom is 0.261 e. The standard InChI is InChI=1S/C16H11Cl2NO2/c17-11-6-5-10(14(18)9-11)7-8-19-15(20)12-3-1-2-4-13(12)16(19)21/h1-6,9H,7-8H2. The van der Waals surface area contributed by atoms with Crippen molar-refractivity contribution in [1.29, 1.82) is 0 Å². The van der Waals surface area contributed by atoms with Crippen LogP contribution in [-0.2, 0) is 6.42 Å². The molecule has 0 saturated heterocycles. The second-order valence-corrected chi connectivity index (χ2v) is 5.64. The fraction of sp³-hybridized carbons (Fsp3) is 0.125. The lowest BCUT2D eigenvalue weighted by atomic mass is 10.1. The average molecular weight is 320 g/mol. The molecule has 0 unspecified atom stereocenters. The van der Waals surface area contributed by atoms with Crippen molar-refractivity contribution in [2.45, 2.75) is 6.42 Å². The Balaban J connectivity index is 1.78. The van der Waals surface area contributed by atoms with Gasteiger partial charge in [-0.15, -0.1) is 0 Å². The number of hydrogen-bond acceptors (Lipinski definition) is 2. The summed E-state index contributed by atoms with van der Waals surface area (Å²) in [4.78, 5) is 25.7. The van der Waals surface area contributed by atoms with Crippen LogP contribution < -0.4 is 0 Å². The molecule has 21 heavy (non-hydrogen) atoms. The lowest BCUT2D eigenvalue weighted by molar-refractivity contribution is 0.0656. The van der Waals surface area contributed by atoms with E-state index in [9.17, 15) is 9.59 Å². The van der Waals surface area contributed by atoms with Crippen molar-refractivity contribution in [1.82, 2.24) is 4.90 Å². The molecule has 0 aromatic heterocycles. The van der Waals surface area contributed by atoms with Gasteiger partial charge in [-0.2, -0.15) is 0 Å². The summed E-state index contributed by atoms with van der Waals surface area (Å²) in [6, 6.07) is 12.1. The van der Waals surface area contributed by atoms with Gasteiger partial charge in [-0.25, -0.2) is 0 Å². The Labute approximate surface area is 132 Å². The molecule has 0 aliphatic carbocycles. The highest BCUT2D eigenvalue weighted by atomic mass is 35.5. The van der Waals surface area contributed by atoms with E-state index in [1.54, 1.807) is 36.4 Å². The predicted octanol–water partition coefficient (Wildman–Crippen LogP) is 3.83. The van der Waals surface area contributed by atoms with E-state index in [2.05, 4.69) is 0 Å². The lowest BCUT2D eigenvalue weighted by Crippen LogP contribution is -2.31. The molecule has 2 amide bonds. The van der Waals surface area contributed by atoms with E-state index < -0.39 is 0 Å². The maximum atomic E-state index is 12.2. The normalized spacial score (nSPS) is 13.7. The van der Waals surface area contributed by atoms with Crippen molar-refractivity contribution in [3.8, 4) is 0 Å². The Hall–Kier alpha value is -1.84. The van der Waals surface area contributed by atoms with Crippen LogP contribution in [0.3, 0.4) is 0 Å². The van der Waals surface area contributed by atoms with Gasteiger partial charge >= 0.3 is 0 Å². The number of halogens is 2. The van der Waals surface area contributed by atoms with E-state index >= 15 is 0 Å². The molecular formula is C16H11Cl2NO2. The number of nitrogens with zero attached hydrogens (tertiary/aromatic N) is 1. The summed E-state index contributed by atoms with van der Waals surface area (Å²) >= 11 is 12.0. The number of imide groups is 1. The number of amides is 2. The van der Waals surface area contributed by atoms with E-state index in [4.69, 9.17) is 23.2 Å². The predicted molar refractivity (Wildman–Crippen MR) is 82.0 cm³/mol. The van der Waals surface area contributed by atoms with Gasteiger partial charge in [-0.05, 0) is 36.2 Å². The summed E-state index contributed by atoms with van der Waals surface area (Å²) in [6.07, 6.45) is 0.501. The highest BCUT2D eigenvalue weighted by molar-refractivity contribution is 6.35. The SMILES string of the molecule is O=C1c2ccccc2C(=O)N1CCc1ccc(Cl)cc1Cl. The zero-order valence-electron chi connectivity index (χ0n) is 11.0. The van der Waals surface area contributed by atoms with E-state index in [1.807, 2.05) is 6.07 Å². The van der Waals surface area contributed by atoms with E-state index in [-0.39, 0.29) is 11.8 Å². The van der Waals surface area contributed by atoms with Gasteiger partial charge in [0.15, 0.2) is 0 Å². The third-order valence-corrected chi connectivity index (χ3v) is 4.08. The highest BCUT2D eigenvalue weighted by Gasteiger charge is 2.34. The molecule has 1 aliphatic rings. The molecule has 106 valence electrons. The molecule has 1 heterocycles. The molecule has 2 aromatic carbocycles. The number of benzene rings is 2.